The van der Waals surface area contributed by atoms with E-state index in [4.69, 9.17) is 10.5 Å². The third kappa shape index (κ3) is 4.74. The molecule has 1 saturated carbocycles. The highest BCUT2D eigenvalue weighted by atomic mass is 16.5. The fourth-order valence-electron chi connectivity index (χ4n) is 2.77. The second-order valence-electron chi connectivity index (χ2n) is 6.04. The second-order valence-corrected chi connectivity index (χ2v) is 6.04. The first-order valence-electron chi connectivity index (χ1n) is 7.86. The molecule has 4 heteroatoms. The monoisotopic (exact) mass is 290 g/mol. The Morgan fingerprint density at radius 1 is 1.33 bits per heavy atom. The van der Waals surface area contributed by atoms with Crippen molar-refractivity contribution in [3.05, 3.63) is 29.8 Å². The van der Waals surface area contributed by atoms with Gasteiger partial charge in [-0.3, -0.25) is 4.79 Å². The molecule has 4 nitrogen and oxygen atoms in total. The summed E-state index contributed by atoms with van der Waals surface area (Å²) in [6.45, 7) is 3.76. The Bertz CT molecular complexity index is 468. The number of rotatable bonds is 6. The molecule has 3 N–H and O–H groups in total. The number of amides is 1. The fourth-order valence-corrected chi connectivity index (χ4v) is 2.77. The van der Waals surface area contributed by atoms with Crippen molar-refractivity contribution in [1.29, 1.82) is 0 Å². The Morgan fingerprint density at radius 3 is 2.67 bits per heavy atom. The van der Waals surface area contributed by atoms with E-state index in [9.17, 15) is 4.79 Å². The first-order valence-corrected chi connectivity index (χ1v) is 7.86. The molecule has 1 amide bonds. The minimum atomic E-state index is -0.486. The van der Waals surface area contributed by atoms with E-state index in [1.807, 2.05) is 31.2 Å². The van der Waals surface area contributed by atoms with Crippen molar-refractivity contribution >= 4 is 5.91 Å². The van der Waals surface area contributed by atoms with Crippen molar-refractivity contribution in [2.75, 3.05) is 0 Å². The van der Waals surface area contributed by atoms with E-state index in [-0.39, 0.29) is 11.9 Å². The lowest BCUT2D eigenvalue weighted by Gasteiger charge is -2.20. The van der Waals surface area contributed by atoms with Gasteiger partial charge in [-0.2, -0.15) is 0 Å². The molecule has 0 aromatic heterocycles. The van der Waals surface area contributed by atoms with Gasteiger partial charge in [0.05, 0.1) is 0 Å². The molecular weight excluding hydrogens is 264 g/mol. The van der Waals surface area contributed by atoms with E-state index < -0.39 is 6.10 Å². The summed E-state index contributed by atoms with van der Waals surface area (Å²) in [5.41, 5.74) is 6.91. The highest BCUT2D eigenvalue weighted by Gasteiger charge is 2.22. The van der Waals surface area contributed by atoms with Crippen molar-refractivity contribution in [3.63, 3.8) is 0 Å². The molecule has 2 unspecified atom stereocenters. The zero-order chi connectivity index (χ0) is 15.2. The molecule has 0 heterocycles. The summed E-state index contributed by atoms with van der Waals surface area (Å²) < 4.78 is 5.85. The van der Waals surface area contributed by atoms with Crippen LogP contribution in [0.3, 0.4) is 0 Å². The molecule has 1 fully saturated rings. The first-order chi connectivity index (χ1) is 10.1. The van der Waals surface area contributed by atoms with Crippen LogP contribution in [0.15, 0.2) is 24.3 Å². The topological polar surface area (TPSA) is 64.3 Å². The minimum absolute atomic E-state index is 0.0301. The SMILES string of the molecule is CC(N)Cc1ccccc1OC(C)C(=O)NC1CCCC1. The molecule has 0 bridgehead atoms. The van der Waals surface area contributed by atoms with Crippen LogP contribution in [0.2, 0.25) is 0 Å². The molecule has 116 valence electrons. The summed E-state index contributed by atoms with van der Waals surface area (Å²) in [5, 5.41) is 3.07. The zero-order valence-corrected chi connectivity index (χ0v) is 13.0. The van der Waals surface area contributed by atoms with E-state index >= 15 is 0 Å². The molecule has 0 aliphatic heterocycles. The highest BCUT2D eigenvalue weighted by molar-refractivity contribution is 5.81. The summed E-state index contributed by atoms with van der Waals surface area (Å²) in [4.78, 5) is 12.2. The Balaban J connectivity index is 1.95. The van der Waals surface area contributed by atoms with Gasteiger partial charge < -0.3 is 15.8 Å². The molecule has 1 aliphatic rings. The van der Waals surface area contributed by atoms with Crippen LogP contribution in [0.5, 0.6) is 5.75 Å². The van der Waals surface area contributed by atoms with Gasteiger partial charge in [0.2, 0.25) is 0 Å². The maximum atomic E-state index is 12.2. The number of carbonyl (C=O) groups excluding carboxylic acids is 1. The molecule has 0 spiro atoms. The van der Waals surface area contributed by atoms with Crippen LogP contribution in [-0.2, 0) is 11.2 Å². The summed E-state index contributed by atoms with van der Waals surface area (Å²) >= 11 is 0. The van der Waals surface area contributed by atoms with Gasteiger partial charge in [0, 0.05) is 12.1 Å². The number of hydrogen-bond acceptors (Lipinski definition) is 3. The number of ether oxygens (including phenoxy) is 1. The molecule has 1 aliphatic carbocycles. The number of nitrogens with two attached hydrogens (primary N) is 1. The molecular formula is C17H26N2O2. The van der Waals surface area contributed by atoms with Crippen molar-refractivity contribution < 1.29 is 9.53 Å². The van der Waals surface area contributed by atoms with Crippen LogP contribution < -0.4 is 15.8 Å². The maximum Gasteiger partial charge on any atom is 0.260 e. The van der Waals surface area contributed by atoms with Crippen molar-refractivity contribution in [1.82, 2.24) is 5.32 Å². The molecule has 0 radical (unpaired) electrons. The lowest BCUT2D eigenvalue weighted by molar-refractivity contribution is -0.127. The van der Waals surface area contributed by atoms with Crippen LogP contribution in [-0.4, -0.2) is 24.1 Å². The third-order valence-corrected chi connectivity index (χ3v) is 3.89. The zero-order valence-electron chi connectivity index (χ0n) is 13.0. The summed E-state index contributed by atoms with van der Waals surface area (Å²) in [7, 11) is 0. The fraction of sp³-hybridized carbons (Fsp3) is 0.588. The molecule has 1 aromatic rings. The van der Waals surface area contributed by atoms with Gasteiger partial charge in [-0.25, -0.2) is 0 Å². The van der Waals surface area contributed by atoms with Crippen molar-refractivity contribution in [2.45, 2.75) is 64.1 Å². The van der Waals surface area contributed by atoms with Crippen molar-refractivity contribution in [3.8, 4) is 5.75 Å². The van der Waals surface area contributed by atoms with Gasteiger partial charge in [-0.15, -0.1) is 0 Å². The standard InChI is InChI=1S/C17H26N2O2/c1-12(18)11-14-7-3-6-10-16(14)21-13(2)17(20)19-15-8-4-5-9-15/h3,6-7,10,12-13,15H,4-5,8-9,11,18H2,1-2H3,(H,19,20). The van der Waals surface area contributed by atoms with Gasteiger partial charge in [0.15, 0.2) is 6.10 Å². The lowest BCUT2D eigenvalue weighted by atomic mass is 10.1. The Labute approximate surface area is 127 Å². The number of nitrogens with one attached hydrogen (secondary N) is 1. The molecule has 1 aromatic carbocycles. The predicted molar refractivity (Wildman–Crippen MR) is 84.3 cm³/mol. The summed E-state index contributed by atoms with van der Waals surface area (Å²) in [6.07, 6.45) is 4.83. The maximum absolute atomic E-state index is 12.2. The molecule has 2 rings (SSSR count). The molecule has 21 heavy (non-hydrogen) atoms. The third-order valence-electron chi connectivity index (χ3n) is 3.89. The summed E-state index contributed by atoms with van der Waals surface area (Å²) in [5.74, 6) is 0.723. The van der Waals surface area contributed by atoms with Crippen LogP contribution in [0.1, 0.15) is 45.1 Å². The van der Waals surface area contributed by atoms with Crippen LogP contribution in [0.25, 0.3) is 0 Å². The van der Waals surface area contributed by atoms with Crippen molar-refractivity contribution in [2.24, 2.45) is 5.73 Å². The van der Waals surface area contributed by atoms with Gasteiger partial charge in [0.25, 0.3) is 5.91 Å². The van der Waals surface area contributed by atoms with Crippen LogP contribution in [0, 0.1) is 0 Å². The van der Waals surface area contributed by atoms with Gasteiger partial charge in [-0.1, -0.05) is 31.0 Å². The lowest BCUT2D eigenvalue weighted by Crippen LogP contribution is -2.41. The smallest absolute Gasteiger partial charge is 0.260 e. The highest BCUT2D eigenvalue weighted by Crippen LogP contribution is 2.21. The quantitative estimate of drug-likeness (QED) is 0.845. The normalized spacial score (nSPS) is 18.2. The number of carbonyl (C=O) groups is 1. The average Bonchev–Trinajstić information content (AvgIpc) is 2.93. The van der Waals surface area contributed by atoms with Gasteiger partial charge in [0.1, 0.15) is 5.75 Å². The molecule has 2 atom stereocenters. The Kier molecular flexibility index (Phi) is 5.62. The number of hydrogen-bond donors (Lipinski definition) is 2. The average molecular weight is 290 g/mol. The summed E-state index contributed by atoms with van der Waals surface area (Å²) in [6, 6.07) is 8.17. The van der Waals surface area contributed by atoms with E-state index in [0.29, 0.717) is 6.04 Å². The van der Waals surface area contributed by atoms with E-state index in [0.717, 1.165) is 30.6 Å². The van der Waals surface area contributed by atoms with E-state index in [2.05, 4.69) is 5.32 Å². The Morgan fingerprint density at radius 2 is 2.00 bits per heavy atom. The molecule has 0 saturated heterocycles. The first kappa shape index (κ1) is 15.8. The predicted octanol–water partition coefficient (Wildman–Crippen LogP) is 2.40. The largest absolute Gasteiger partial charge is 0.481 e. The number of benzene rings is 1. The van der Waals surface area contributed by atoms with E-state index in [1.165, 1.54) is 12.8 Å². The minimum Gasteiger partial charge on any atom is -0.481 e. The van der Waals surface area contributed by atoms with Gasteiger partial charge >= 0.3 is 0 Å². The number of para-hydroxylation sites is 1. The second kappa shape index (κ2) is 7.46. The van der Waals surface area contributed by atoms with Gasteiger partial charge in [-0.05, 0) is 44.7 Å². The van der Waals surface area contributed by atoms with Crippen LogP contribution in [0.4, 0.5) is 0 Å². The van der Waals surface area contributed by atoms with E-state index in [1.54, 1.807) is 6.92 Å². The Hall–Kier alpha value is -1.55. The van der Waals surface area contributed by atoms with Crippen LogP contribution >= 0.6 is 0 Å².